The number of ether oxygens (including phenoxy) is 2. The number of aryl methyl sites for hydroxylation is 2. The van der Waals surface area contributed by atoms with Gasteiger partial charge in [0.2, 0.25) is 5.91 Å². The summed E-state index contributed by atoms with van der Waals surface area (Å²) in [4.78, 5) is 29.8. The topological polar surface area (TPSA) is 97.6 Å². The molecule has 2 aromatic heterocycles. The van der Waals surface area contributed by atoms with Gasteiger partial charge in [0.05, 0.1) is 34.6 Å². The summed E-state index contributed by atoms with van der Waals surface area (Å²) in [5.74, 6) is 2.96. The van der Waals surface area contributed by atoms with Gasteiger partial charge in [-0.15, -0.1) is 0 Å². The van der Waals surface area contributed by atoms with Crippen LogP contribution in [0.2, 0.25) is 0 Å². The number of carbonyl (C=O) groups is 1. The van der Waals surface area contributed by atoms with E-state index in [-0.39, 0.29) is 11.9 Å². The number of hydrogen-bond acceptors (Lipinski definition) is 8. The highest BCUT2D eigenvalue weighted by Gasteiger charge is 2.34. The molecule has 10 heteroatoms. The second-order valence-corrected chi connectivity index (χ2v) is 10.4. The van der Waals surface area contributed by atoms with Gasteiger partial charge in [-0.05, 0) is 55.0 Å². The highest BCUT2D eigenvalue weighted by molar-refractivity contribution is 5.95. The van der Waals surface area contributed by atoms with Crippen LogP contribution in [0.4, 0.5) is 17.2 Å². The van der Waals surface area contributed by atoms with Gasteiger partial charge in [0.15, 0.2) is 0 Å². The van der Waals surface area contributed by atoms with Crippen LogP contribution in [0.25, 0.3) is 21.9 Å². The summed E-state index contributed by atoms with van der Waals surface area (Å²) in [5, 5.41) is 4.36. The Morgan fingerprint density at radius 2 is 2.00 bits per heavy atom. The molecule has 1 atom stereocenters. The molecule has 0 spiro atoms. The molecule has 1 saturated heterocycles. The number of fused-ring (bicyclic) bond motifs is 5. The first-order valence-electron chi connectivity index (χ1n) is 13.5. The number of hydrogen-bond donors (Lipinski definition) is 1. The quantitative estimate of drug-likeness (QED) is 0.309. The summed E-state index contributed by atoms with van der Waals surface area (Å²) in [6, 6.07) is 16.0. The van der Waals surface area contributed by atoms with Crippen molar-refractivity contribution in [2.75, 3.05) is 36.5 Å². The molecule has 2 aliphatic rings. The van der Waals surface area contributed by atoms with Crippen molar-refractivity contribution in [3.8, 4) is 17.2 Å². The van der Waals surface area contributed by atoms with Crippen molar-refractivity contribution >= 4 is 45.0 Å². The number of piperazine rings is 1. The van der Waals surface area contributed by atoms with E-state index in [1.54, 1.807) is 12.7 Å². The Kier molecular flexibility index (Phi) is 5.96. The number of imidazole rings is 1. The Morgan fingerprint density at radius 3 is 2.85 bits per heavy atom. The third kappa shape index (κ3) is 4.47. The third-order valence-electron chi connectivity index (χ3n) is 7.79. The Hall–Kier alpha value is -5.12. The van der Waals surface area contributed by atoms with Crippen molar-refractivity contribution in [2.24, 2.45) is 7.05 Å². The zero-order valence-electron chi connectivity index (χ0n) is 22.9. The van der Waals surface area contributed by atoms with E-state index in [2.05, 4.69) is 37.8 Å². The Morgan fingerprint density at radius 1 is 1.10 bits per heavy atom. The largest absolute Gasteiger partial charge is 0.489 e. The maximum Gasteiger partial charge on any atom is 0.246 e. The van der Waals surface area contributed by atoms with Crippen LogP contribution in [0, 0.1) is 6.92 Å². The summed E-state index contributed by atoms with van der Waals surface area (Å²) in [6.45, 7) is 8.11. The number of nitrogens with one attached hydrogen (secondary N) is 1. The van der Waals surface area contributed by atoms with Crippen LogP contribution in [0.1, 0.15) is 5.56 Å². The molecule has 4 heterocycles. The number of aromatic nitrogens is 4. The van der Waals surface area contributed by atoms with E-state index in [9.17, 15) is 4.79 Å². The van der Waals surface area contributed by atoms with Crippen molar-refractivity contribution in [1.29, 1.82) is 0 Å². The lowest BCUT2D eigenvalue weighted by molar-refractivity contribution is -0.127. The molecule has 1 N–H and O–H groups in total. The van der Waals surface area contributed by atoms with Crippen LogP contribution >= 0.6 is 0 Å². The smallest absolute Gasteiger partial charge is 0.246 e. The lowest BCUT2D eigenvalue weighted by Crippen LogP contribution is -2.58. The van der Waals surface area contributed by atoms with E-state index in [1.165, 1.54) is 6.08 Å². The number of amides is 1. The van der Waals surface area contributed by atoms with Crippen LogP contribution in [0.3, 0.4) is 0 Å². The van der Waals surface area contributed by atoms with Crippen LogP contribution in [-0.4, -0.2) is 62.6 Å². The Bertz CT molecular complexity index is 1830. The zero-order chi connectivity index (χ0) is 28.1. The van der Waals surface area contributed by atoms with Gasteiger partial charge in [-0.3, -0.25) is 4.79 Å². The van der Waals surface area contributed by atoms with Gasteiger partial charge in [-0.25, -0.2) is 15.0 Å². The van der Waals surface area contributed by atoms with Crippen LogP contribution in [-0.2, 0) is 11.8 Å². The zero-order valence-corrected chi connectivity index (χ0v) is 22.9. The molecule has 0 aliphatic carbocycles. The van der Waals surface area contributed by atoms with E-state index in [0.29, 0.717) is 25.5 Å². The van der Waals surface area contributed by atoms with Gasteiger partial charge in [0, 0.05) is 49.9 Å². The van der Waals surface area contributed by atoms with Gasteiger partial charge in [0.25, 0.3) is 0 Å². The predicted molar refractivity (Wildman–Crippen MR) is 158 cm³/mol. The number of carbonyl (C=O) groups excluding carboxylic acids is 1. The van der Waals surface area contributed by atoms with Gasteiger partial charge >= 0.3 is 0 Å². The first-order chi connectivity index (χ1) is 20.0. The summed E-state index contributed by atoms with van der Waals surface area (Å²) in [7, 11) is 1.97. The molecule has 0 saturated carbocycles. The fourth-order valence-electron chi connectivity index (χ4n) is 5.63. The van der Waals surface area contributed by atoms with Gasteiger partial charge in [0.1, 0.15) is 36.0 Å². The molecule has 206 valence electrons. The minimum Gasteiger partial charge on any atom is -0.489 e. The van der Waals surface area contributed by atoms with Crippen molar-refractivity contribution < 1.29 is 14.3 Å². The van der Waals surface area contributed by atoms with Crippen molar-refractivity contribution in [1.82, 2.24) is 24.4 Å². The minimum atomic E-state index is -0.0465. The second kappa shape index (κ2) is 9.81. The van der Waals surface area contributed by atoms with Crippen molar-refractivity contribution in [3.05, 3.63) is 79.4 Å². The van der Waals surface area contributed by atoms with Gasteiger partial charge in [-0.1, -0.05) is 6.58 Å². The first-order valence-corrected chi connectivity index (χ1v) is 13.5. The SMILES string of the molecule is C=CC(=O)N1CCN2c3cc4c(Nc5ccc(Oc6ccc7c(c6)ncn7C)c(C)c5)ncnc4cc3OCC2C1. The standard InChI is InChI=1S/C31H29N7O3/c1-4-30(39)37-9-10-38-21(15-37)16-40-29-14-24-23(13-27(29)38)31(33-17-32-24)35-20-5-8-28(19(2)11-20)41-22-6-7-26-25(12-22)34-18-36(26)3/h4-8,11-14,17-18,21H,1,9-10,15-16H2,2-3H3,(H,32,33,35). The van der Waals surface area contributed by atoms with Crippen molar-refractivity contribution in [3.63, 3.8) is 0 Å². The van der Waals surface area contributed by atoms with Gasteiger partial charge in [-0.2, -0.15) is 0 Å². The predicted octanol–water partition coefficient (Wildman–Crippen LogP) is 4.96. The summed E-state index contributed by atoms with van der Waals surface area (Å²) < 4.78 is 14.3. The average molecular weight is 548 g/mol. The molecule has 1 fully saturated rings. The highest BCUT2D eigenvalue weighted by Crippen LogP contribution is 2.40. The van der Waals surface area contributed by atoms with E-state index in [0.717, 1.165) is 62.7 Å². The van der Waals surface area contributed by atoms with E-state index in [1.807, 2.05) is 65.9 Å². The van der Waals surface area contributed by atoms with Crippen LogP contribution in [0.5, 0.6) is 17.2 Å². The van der Waals surface area contributed by atoms with Gasteiger partial charge < -0.3 is 29.2 Å². The summed E-state index contributed by atoms with van der Waals surface area (Å²) in [5.41, 5.74) is 5.60. The number of rotatable bonds is 5. The second-order valence-electron chi connectivity index (χ2n) is 10.4. The monoisotopic (exact) mass is 547 g/mol. The Balaban J connectivity index is 1.14. The molecule has 0 radical (unpaired) electrons. The van der Waals surface area contributed by atoms with E-state index < -0.39 is 0 Å². The van der Waals surface area contributed by atoms with E-state index in [4.69, 9.17) is 9.47 Å². The number of anilines is 3. The lowest BCUT2D eigenvalue weighted by atomic mass is 10.1. The minimum absolute atomic E-state index is 0.0465. The summed E-state index contributed by atoms with van der Waals surface area (Å²) >= 11 is 0. The average Bonchev–Trinajstić information content (AvgIpc) is 3.36. The number of benzene rings is 3. The van der Waals surface area contributed by atoms with Crippen molar-refractivity contribution in [2.45, 2.75) is 13.0 Å². The first kappa shape index (κ1) is 24.9. The third-order valence-corrected chi connectivity index (χ3v) is 7.79. The molecule has 2 aliphatic heterocycles. The molecule has 0 bridgehead atoms. The molecule has 41 heavy (non-hydrogen) atoms. The molecular formula is C31H29N7O3. The highest BCUT2D eigenvalue weighted by atomic mass is 16.5. The lowest BCUT2D eigenvalue weighted by Gasteiger charge is -2.45. The van der Waals surface area contributed by atoms with Crippen LogP contribution < -0.4 is 19.7 Å². The number of nitrogens with zero attached hydrogens (tertiary/aromatic N) is 6. The molecule has 3 aromatic carbocycles. The molecule has 7 rings (SSSR count). The Labute approximate surface area is 236 Å². The maximum atomic E-state index is 12.2. The molecule has 5 aromatic rings. The molecule has 1 unspecified atom stereocenters. The molecule has 10 nitrogen and oxygen atoms in total. The molecule has 1 amide bonds. The normalized spacial score (nSPS) is 16.2. The van der Waals surface area contributed by atoms with Crippen LogP contribution in [0.15, 0.2) is 73.8 Å². The molecular weight excluding hydrogens is 518 g/mol. The van der Waals surface area contributed by atoms with E-state index >= 15 is 0 Å². The fourth-order valence-corrected chi connectivity index (χ4v) is 5.63. The maximum absolute atomic E-state index is 12.2. The fraction of sp³-hybridized carbons (Fsp3) is 0.226. The summed E-state index contributed by atoms with van der Waals surface area (Å²) in [6.07, 6.45) is 4.72.